The SMILES string of the molecule is Cc1ccc(S(=O)(=O)N2CCC(C(=O)NCCc3nc4c(s3)CCCC4)CC2)c(C)c1. The van der Waals surface area contributed by atoms with Crippen molar-refractivity contribution in [2.24, 2.45) is 5.92 Å². The molecule has 1 amide bonds. The van der Waals surface area contributed by atoms with Crippen molar-refractivity contribution in [2.45, 2.75) is 63.7 Å². The highest BCUT2D eigenvalue weighted by Crippen LogP contribution is 2.28. The highest BCUT2D eigenvalue weighted by atomic mass is 32.2. The first-order chi connectivity index (χ1) is 14.8. The minimum atomic E-state index is -3.52. The maximum atomic E-state index is 13.0. The summed E-state index contributed by atoms with van der Waals surface area (Å²) in [7, 11) is -3.52. The van der Waals surface area contributed by atoms with Gasteiger partial charge in [-0.25, -0.2) is 13.4 Å². The largest absolute Gasteiger partial charge is 0.355 e. The Labute approximate surface area is 189 Å². The number of hydrogen-bond acceptors (Lipinski definition) is 5. The lowest BCUT2D eigenvalue weighted by Gasteiger charge is -2.31. The molecule has 0 spiro atoms. The molecule has 1 aromatic heterocycles. The van der Waals surface area contributed by atoms with Crippen LogP contribution in [0.2, 0.25) is 0 Å². The fourth-order valence-electron chi connectivity index (χ4n) is 4.54. The number of fused-ring (bicyclic) bond motifs is 1. The molecule has 4 rings (SSSR count). The zero-order valence-electron chi connectivity index (χ0n) is 18.3. The van der Waals surface area contributed by atoms with Crippen LogP contribution in [0.4, 0.5) is 0 Å². The van der Waals surface area contributed by atoms with Gasteiger partial charge in [0.25, 0.3) is 0 Å². The van der Waals surface area contributed by atoms with Gasteiger partial charge in [-0.3, -0.25) is 4.79 Å². The molecule has 1 aliphatic heterocycles. The number of sulfonamides is 1. The fourth-order valence-corrected chi connectivity index (χ4v) is 7.37. The van der Waals surface area contributed by atoms with Crippen molar-refractivity contribution in [3.63, 3.8) is 0 Å². The minimum absolute atomic E-state index is 0.0323. The Hall–Kier alpha value is -1.77. The number of piperidine rings is 1. The molecule has 0 radical (unpaired) electrons. The maximum absolute atomic E-state index is 13.0. The first kappa shape index (κ1) is 22.4. The molecule has 1 fully saturated rings. The highest BCUT2D eigenvalue weighted by Gasteiger charge is 2.32. The summed E-state index contributed by atoms with van der Waals surface area (Å²) in [6.45, 7) is 5.14. The predicted molar refractivity (Wildman–Crippen MR) is 123 cm³/mol. The lowest BCUT2D eigenvalue weighted by atomic mass is 9.97. The molecule has 0 bridgehead atoms. The summed E-state index contributed by atoms with van der Waals surface area (Å²) in [6, 6.07) is 5.42. The molecule has 2 heterocycles. The molecule has 8 heteroatoms. The zero-order chi connectivity index (χ0) is 22.0. The van der Waals surface area contributed by atoms with Gasteiger partial charge in [0, 0.05) is 36.9 Å². The van der Waals surface area contributed by atoms with E-state index in [4.69, 9.17) is 4.98 Å². The third-order valence-corrected chi connectivity index (χ3v) is 9.58. The Morgan fingerprint density at radius 1 is 1.19 bits per heavy atom. The van der Waals surface area contributed by atoms with Gasteiger partial charge in [0.1, 0.15) is 0 Å². The van der Waals surface area contributed by atoms with Gasteiger partial charge in [-0.15, -0.1) is 11.3 Å². The molecule has 0 unspecified atom stereocenters. The molecule has 2 aromatic rings. The molecule has 1 aromatic carbocycles. The zero-order valence-corrected chi connectivity index (χ0v) is 19.9. The second kappa shape index (κ2) is 9.38. The van der Waals surface area contributed by atoms with Crippen LogP contribution >= 0.6 is 11.3 Å². The molecule has 168 valence electrons. The van der Waals surface area contributed by atoms with Gasteiger partial charge in [0.05, 0.1) is 15.6 Å². The Morgan fingerprint density at radius 2 is 1.94 bits per heavy atom. The Bertz CT molecular complexity index is 1030. The second-order valence-corrected chi connectivity index (χ2v) is 11.7. The van der Waals surface area contributed by atoms with E-state index in [1.165, 1.54) is 27.7 Å². The predicted octanol–water partition coefficient (Wildman–Crippen LogP) is 3.40. The van der Waals surface area contributed by atoms with Crippen LogP contribution < -0.4 is 5.32 Å². The summed E-state index contributed by atoms with van der Waals surface area (Å²) in [4.78, 5) is 19.1. The van der Waals surface area contributed by atoms with Crippen molar-refractivity contribution in [1.29, 1.82) is 0 Å². The van der Waals surface area contributed by atoms with Gasteiger partial charge in [-0.05, 0) is 64.0 Å². The van der Waals surface area contributed by atoms with Crippen molar-refractivity contribution in [1.82, 2.24) is 14.6 Å². The molecule has 6 nitrogen and oxygen atoms in total. The van der Waals surface area contributed by atoms with Crippen molar-refractivity contribution in [2.75, 3.05) is 19.6 Å². The van der Waals surface area contributed by atoms with E-state index in [1.54, 1.807) is 17.4 Å². The molecular weight excluding hydrogens is 430 g/mol. The minimum Gasteiger partial charge on any atom is -0.355 e. The average molecular weight is 462 g/mol. The van der Waals surface area contributed by atoms with E-state index in [0.717, 1.165) is 35.4 Å². The lowest BCUT2D eigenvalue weighted by Crippen LogP contribution is -2.43. The van der Waals surface area contributed by atoms with Crippen molar-refractivity contribution < 1.29 is 13.2 Å². The standard InChI is InChI=1S/C23H31N3O3S2/c1-16-7-8-21(17(2)15-16)31(28,29)26-13-10-18(11-14-26)23(27)24-12-9-22-25-19-5-3-4-6-20(19)30-22/h7-8,15,18H,3-6,9-14H2,1-2H3,(H,24,27). The summed E-state index contributed by atoms with van der Waals surface area (Å²) in [5.41, 5.74) is 3.07. The van der Waals surface area contributed by atoms with E-state index < -0.39 is 10.0 Å². The monoisotopic (exact) mass is 461 g/mol. The van der Waals surface area contributed by atoms with E-state index in [-0.39, 0.29) is 11.8 Å². The molecule has 1 N–H and O–H groups in total. The van der Waals surface area contributed by atoms with Gasteiger partial charge in [0.15, 0.2) is 0 Å². The molecule has 2 aliphatic rings. The first-order valence-electron chi connectivity index (χ1n) is 11.2. The van der Waals surface area contributed by atoms with Crippen LogP contribution in [0.3, 0.4) is 0 Å². The van der Waals surface area contributed by atoms with Crippen molar-refractivity contribution in [3.8, 4) is 0 Å². The van der Waals surface area contributed by atoms with E-state index in [9.17, 15) is 13.2 Å². The van der Waals surface area contributed by atoms with Gasteiger partial charge >= 0.3 is 0 Å². The smallest absolute Gasteiger partial charge is 0.243 e. The third kappa shape index (κ3) is 5.02. The van der Waals surface area contributed by atoms with Gasteiger partial charge in [-0.1, -0.05) is 17.7 Å². The number of amides is 1. The van der Waals surface area contributed by atoms with E-state index in [1.807, 2.05) is 26.0 Å². The van der Waals surface area contributed by atoms with Crippen LogP contribution in [0.1, 0.15) is 52.4 Å². The molecule has 0 atom stereocenters. The Kier molecular flexibility index (Phi) is 6.79. The molecule has 1 saturated heterocycles. The topological polar surface area (TPSA) is 79.4 Å². The van der Waals surface area contributed by atoms with Crippen LogP contribution in [0, 0.1) is 19.8 Å². The lowest BCUT2D eigenvalue weighted by molar-refractivity contribution is -0.126. The van der Waals surface area contributed by atoms with E-state index >= 15 is 0 Å². The Balaban J connectivity index is 1.27. The highest BCUT2D eigenvalue weighted by molar-refractivity contribution is 7.89. The van der Waals surface area contributed by atoms with Crippen molar-refractivity contribution >= 4 is 27.3 Å². The Morgan fingerprint density at radius 3 is 2.65 bits per heavy atom. The first-order valence-corrected chi connectivity index (χ1v) is 13.4. The van der Waals surface area contributed by atoms with E-state index in [0.29, 0.717) is 37.4 Å². The van der Waals surface area contributed by atoms with Gasteiger partial charge in [0.2, 0.25) is 15.9 Å². The number of aryl methyl sites for hydroxylation is 4. The van der Waals surface area contributed by atoms with Crippen LogP contribution in [0.15, 0.2) is 23.1 Å². The van der Waals surface area contributed by atoms with Crippen molar-refractivity contribution in [3.05, 3.63) is 44.9 Å². The average Bonchev–Trinajstić information content (AvgIpc) is 3.16. The molecular formula is C23H31N3O3S2. The van der Waals surface area contributed by atoms with Crippen LogP contribution in [0.5, 0.6) is 0 Å². The number of thiazole rings is 1. The normalized spacial score (nSPS) is 18.0. The number of carbonyl (C=O) groups excluding carboxylic acids is 1. The molecule has 1 aliphatic carbocycles. The number of benzene rings is 1. The van der Waals surface area contributed by atoms with E-state index in [2.05, 4.69) is 5.32 Å². The van der Waals surface area contributed by atoms with Gasteiger partial charge < -0.3 is 5.32 Å². The molecule has 31 heavy (non-hydrogen) atoms. The van der Waals surface area contributed by atoms with Crippen LogP contribution in [-0.2, 0) is 34.1 Å². The second-order valence-electron chi connectivity index (χ2n) is 8.67. The number of rotatable bonds is 6. The summed E-state index contributed by atoms with van der Waals surface area (Å²) >= 11 is 1.79. The van der Waals surface area contributed by atoms with Crippen LogP contribution in [0.25, 0.3) is 0 Å². The fraction of sp³-hybridized carbons (Fsp3) is 0.565. The quantitative estimate of drug-likeness (QED) is 0.715. The number of hydrogen-bond donors (Lipinski definition) is 1. The third-order valence-electron chi connectivity index (χ3n) is 6.30. The van der Waals surface area contributed by atoms with Gasteiger partial charge in [-0.2, -0.15) is 4.31 Å². The maximum Gasteiger partial charge on any atom is 0.243 e. The summed E-state index contributed by atoms with van der Waals surface area (Å²) in [5, 5.41) is 4.15. The number of aromatic nitrogens is 1. The summed E-state index contributed by atoms with van der Waals surface area (Å²) in [5.74, 6) is -0.0973. The van der Waals surface area contributed by atoms with Crippen LogP contribution in [-0.4, -0.2) is 43.2 Å². The number of nitrogens with one attached hydrogen (secondary N) is 1. The molecule has 0 saturated carbocycles. The number of nitrogens with zero attached hydrogens (tertiary/aromatic N) is 2. The number of carbonyl (C=O) groups is 1. The summed E-state index contributed by atoms with van der Waals surface area (Å²) in [6.07, 6.45) is 6.59. The summed E-state index contributed by atoms with van der Waals surface area (Å²) < 4.78 is 27.6.